The number of rotatable bonds is 7. The molecule has 19 rings (SSSR count). The van der Waals surface area contributed by atoms with Crippen molar-refractivity contribution >= 4 is 13.4 Å². The van der Waals surface area contributed by atoms with Crippen LogP contribution in [0.5, 0.6) is 0 Å². The Balaban J connectivity index is 0.716. The molecule has 0 aromatic carbocycles. The maximum atomic E-state index is 8.69. The molecule has 0 aromatic rings. The standard InChI is InChI=1S/C84H138B2N4O/c1-84(2,3)55-47-75-82-76(48-55)90(60-34-17-8-18-35-60)74-52-78-71(51-70(74)85(82)68-40-19-20-41-72(68)88(75)58-30-13-6-14-31-58)86-69-45-42-54(62-43-44-67-65-37-22-25-53-24-21-36-64(80(53)65)66-39-23-38-63(62)81(66)67)46-73(69)89(59-32-15-7-16-33-59)77-49-61(50-79(91-78)83(77)86)87(56-26-9-4-10-27-56)57-28-11-5-12-29-57/h53-83H,4-52H2,1-3H3/t53-,54?,55+,61?,62-,63?,64+,65-,66-,67?,68?,69?,70?,71-,72?,73?,74?,75-,76+,77?,78?,79?,80?,81?,82?,83?/m0/s1. The second-order valence-corrected chi connectivity index (χ2v) is 40.1. The van der Waals surface area contributed by atoms with Crippen LogP contribution >= 0.6 is 0 Å². The van der Waals surface area contributed by atoms with Crippen LogP contribution in [-0.4, -0.2) is 118 Å². The number of hydrogen-bond acceptors (Lipinski definition) is 5. The zero-order chi connectivity index (χ0) is 60.2. The first-order valence-electron chi connectivity index (χ1n) is 43.6. The van der Waals surface area contributed by atoms with E-state index >= 15 is 0 Å². The molecule has 0 spiro atoms. The van der Waals surface area contributed by atoms with Gasteiger partial charge >= 0.3 is 0 Å². The van der Waals surface area contributed by atoms with Crippen molar-refractivity contribution in [2.45, 2.75) is 455 Å². The van der Waals surface area contributed by atoms with Crippen LogP contribution in [0.1, 0.15) is 335 Å². The first-order chi connectivity index (χ1) is 44.8. The predicted molar refractivity (Wildman–Crippen MR) is 380 cm³/mol. The number of ether oxygens (including phenoxy) is 1. The molecule has 19 fully saturated rings. The van der Waals surface area contributed by atoms with E-state index in [1.54, 1.807) is 103 Å². The Morgan fingerprint density at radius 1 is 0.297 bits per heavy atom. The normalized spacial score (nSPS) is 50.5. The molecule has 7 heteroatoms. The molecular formula is C84H138B2N4O. The molecule has 91 heavy (non-hydrogen) atoms. The molecule has 0 amide bonds. The first kappa shape index (κ1) is 62.0. The van der Waals surface area contributed by atoms with Crippen LogP contribution in [-0.2, 0) is 4.74 Å². The molecule has 0 N–H and O–H groups in total. The first-order valence-corrected chi connectivity index (χ1v) is 43.6. The van der Waals surface area contributed by atoms with Crippen molar-refractivity contribution in [1.29, 1.82) is 0 Å². The predicted octanol–water partition coefficient (Wildman–Crippen LogP) is 20.8. The van der Waals surface area contributed by atoms with E-state index in [9.17, 15) is 0 Å². The molecule has 19 aliphatic rings. The summed E-state index contributed by atoms with van der Waals surface area (Å²) < 4.78 is 8.69. The minimum absolute atomic E-state index is 0.376. The lowest BCUT2D eigenvalue weighted by molar-refractivity contribution is -0.160. The van der Waals surface area contributed by atoms with Gasteiger partial charge in [0.05, 0.1) is 12.2 Å². The van der Waals surface area contributed by atoms with Gasteiger partial charge in [-0.05, 0) is 253 Å². The van der Waals surface area contributed by atoms with Crippen LogP contribution < -0.4 is 0 Å². The average Bonchev–Trinajstić information content (AvgIpc) is 0.710. The van der Waals surface area contributed by atoms with Gasteiger partial charge in [0.25, 0.3) is 0 Å². The Hall–Kier alpha value is -0.0701. The van der Waals surface area contributed by atoms with Crippen LogP contribution in [0, 0.1) is 70.5 Å². The Bertz CT molecular complexity index is 2430. The lowest BCUT2D eigenvalue weighted by Gasteiger charge is -2.72. The Kier molecular flexibility index (Phi) is 17.4. The van der Waals surface area contributed by atoms with E-state index in [-0.39, 0.29) is 0 Å². The maximum Gasteiger partial charge on any atom is 0.159 e. The SMILES string of the molecule is CC(C)(C)[C@H]1C[C@@H]2C3B(C4C[C@@H]5B6C7CCC([C@@H]8CCC9C%10C8CCC[C@H]%10[C@H]8CCC[C@H]%10CCC[C@@H]9C%108)CC7N(C7CCCCC7)C7CC(N(C8CCCCC8)C8CCCCC8)CC(OC5CC4N2C2CCCCC2)C67)C2CCCCC2N(C2CCCCC2)[C@H]3C1. The second kappa shape index (κ2) is 25.5. The van der Waals surface area contributed by atoms with Crippen molar-refractivity contribution in [3.8, 4) is 0 Å². The van der Waals surface area contributed by atoms with Crippen molar-refractivity contribution in [3.63, 3.8) is 0 Å². The summed E-state index contributed by atoms with van der Waals surface area (Å²) in [5, 5.41) is 0. The summed E-state index contributed by atoms with van der Waals surface area (Å²) in [6.07, 6.45) is 76.2. The molecule has 0 radical (unpaired) electrons. The summed E-state index contributed by atoms with van der Waals surface area (Å²) in [4.78, 5) is 14.2. The third-order valence-electron chi connectivity index (χ3n) is 36.1. The van der Waals surface area contributed by atoms with Crippen molar-refractivity contribution in [2.75, 3.05) is 0 Å². The van der Waals surface area contributed by atoms with Gasteiger partial charge in [-0.3, -0.25) is 19.6 Å². The third kappa shape index (κ3) is 10.5. The van der Waals surface area contributed by atoms with Crippen LogP contribution in [0.3, 0.4) is 0 Å². The van der Waals surface area contributed by atoms with Gasteiger partial charge in [0, 0.05) is 72.5 Å². The van der Waals surface area contributed by atoms with Gasteiger partial charge in [0.15, 0.2) is 13.4 Å². The highest BCUT2D eigenvalue weighted by molar-refractivity contribution is 6.67. The molecule has 15 saturated carbocycles. The molecule has 0 bridgehead atoms. The van der Waals surface area contributed by atoms with Crippen molar-refractivity contribution in [3.05, 3.63) is 0 Å². The number of fused-ring (bicyclic) bond motifs is 10. The zero-order valence-corrected chi connectivity index (χ0v) is 59.4. The van der Waals surface area contributed by atoms with Gasteiger partial charge in [-0.15, -0.1) is 0 Å². The van der Waals surface area contributed by atoms with Gasteiger partial charge in [0.1, 0.15) is 0 Å². The van der Waals surface area contributed by atoms with E-state index in [1.165, 1.54) is 212 Å². The van der Waals surface area contributed by atoms with Crippen molar-refractivity contribution < 1.29 is 4.74 Å². The number of nitrogens with zero attached hydrogens (tertiary/aromatic N) is 4. The molecule has 5 nitrogen and oxygen atoms in total. The van der Waals surface area contributed by atoms with Gasteiger partial charge < -0.3 is 4.74 Å². The molecule has 0 aromatic heterocycles. The zero-order valence-electron chi connectivity index (χ0n) is 59.4. The minimum Gasteiger partial charge on any atom is -0.376 e. The van der Waals surface area contributed by atoms with Gasteiger partial charge in [-0.25, -0.2) is 0 Å². The average molecular weight is 1240 g/mol. The highest BCUT2D eigenvalue weighted by atomic mass is 16.5. The smallest absolute Gasteiger partial charge is 0.159 e. The minimum atomic E-state index is 0.376. The van der Waals surface area contributed by atoms with Gasteiger partial charge in [-0.1, -0.05) is 188 Å². The van der Waals surface area contributed by atoms with E-state index in [4.69, 9.17) is 4.74 Å². The molecule has 4 aliphatic heterocycles. The van der Waals surface area contributed by atoms with Crippen LogP contribution in [0.25, 0.3) is 0 Å². The van der Waals surface area contributed by atoms with E-state index < -0.39 is 0 Å². The van der Waals surface area contributed by atoms with Gasteiger partial charge in [0.2, 0.25) is 0 Å². The van der Waals surface area contributed by atoms with E-state index in [0.717, 1.165) is 186 Å². The van der Waals surface area contributed by atoms with Crippen LogP contribution in [0.4, 0.5) is 0 Å². The fourth-order valence-corrected chi connectivity index (χ4v) is 33.5. The molecular weight excluding hydrogens is 1100 g/mol. The van der Waals surface area contributed by atoms with Crippen LogP contribution in [0.15, 0.2) is 0 Å². The van der Waals surface area contributed by atoms with Crippen molar-refractivity contribution in [1.82, 2.24) is 19.6 Å². The molecule has 15 aliphatic carbocycles. The van der Waals surface area contributed by atoms with Crippen molar-refractivity contribution in [2.24, 2.45) is 70.5 Å². The van der Waals surface area contributed by atoms with E-state index in [2.05, 4.69) is 40.4 Å². The van der Waals surface area contributed by atoms with Crippen LogP contribution in [0.2, 0.25) is 34.9 Å². The largest absolute Gasteiger partial charge is 0.376 e. The molecule has 506 valence electrons. The topological polar surface area (TPSA) is 22.2 Å². The fourth-order valence-electron chi connectivity index (χ4n) is 33.5. The molecule has 4 heterocycles. The summed E-state index contributed by atoms with van der Waals surface area (Å²) in [5.41, 5.74) is 0.376. The van der Waals surface area contributed by atoms with E-state index in [1.807, 2.05) is 0 Å². The lowest BCUT2D eigenvalue weighted by Crippen LogP contribution is -2.76. The summed E-state index contributed by atoms with van der Waals surface area (Å²) in [5.74, 6) is 17.0. The quantitative estimate of drug-likeness (QED) is 0.236. The highest BCUT2D eigenvalue weighted by Gasteiger charge is 2.71. The summed E-state index contributed by atoms with van der Waals surface area (Å²) in [6, 6.07) is 9.79. The molecule has 17 unspecified atom stereocenters. The Labute approximate surface area is 560 Å². The van der Waals surface area contributed by atoms with Gasteiger partial charge in [-0.2, -0.15) is 0 Å². The Morgan fingerprint density at radius 2 is 0.769 bits per heavy atom. The molecule has 26 atom stereocenters. The highest BCUT2D eigenvalue weighted by Crippen LogP contribution is 2.71. The Morgan fingerprint density at radius 3 is 1.37 bits per heavy atom. The molecule has 4 saturated heterocycles. The monoisotopic (exact) mass is 1240 g/mol. The number of hydrogen-bond donors (Lipinski definition) is 0. The summed E-state index contributed by atoms with van der Waals surface area (Å²) in [7, 11) is 0. The lowest BCUT2D eigenvalue weighted by atomic mass is 9.14. The summed E-state index contributed by atoms with van der Waals surface area (Å²) in [6.45, 7) is 9.99. The van der Waals surface area contributed by atoms with E-state index in [0.29, 0.717) is 17.6 Å². The third-order valence-corrected chi connectivity index (χ3v) is 36.1. The second-order valence-electron chi connectivity index (χ2n) is 40.1. The maximum absolute atomic E-state index is 8.69. The fraction of sp³-hybridized carbons (Fsp3) is 1.00. The summed E-state index contributed by atoms with van der Waals surface area (Å²) >= 11 is 0.